The van der Waals surface area contributed by atoms with E-state index in [-0.39, 0.29) is 5.56 Å². The number of H-pyrrole nitrogens is 1. The van der Waals surface area contributed by atoms with Gasteiger partial charge < -0.3 is 9.72 Å². The van der Waals surface area contributed by atoms with Crippen LogP contribution in [0.2, 0.25) is 0 Å². The predicted octanol–water partition coefficient (Wildman–Crippen LogP) is 1.94. The summed E-state index contributed by atoms with van der Waals surface area (Å²) in [5.41, 5.74) is 0.973. The Morgan fingerprint density at radius 1 is 1.33 bits per heavy atom. The molecule has 0 aliphatic carbocycles. The monoisotopic (exact) mass is 309 g/mol. The fourth-order valence-corrected chi connectivity index (χ4v) is 1.79. The maximum Gasteiger partial charge on any atom is 0.268 e. The number of nitrogens with zero attached hydrogens (tertiary/aromatic N) is 2. The van der Waals surface area contributed by atoms with E-state index in [1.54, 1.807) is 12.4 Å². The molecule has 0 atom stereocenters. The molecular formula is C12H12BrN3O2. The van der Waals surface area contributed by atoms with Gasteiger partial charge in [-0.1, -0.05) is 0 Å². The van der Waals surface area contributed by atoms with Gasteiger partial charge in [0.2, 0.25) is 5.88 Å². The van der Waals surface area contributed by atoms with Crippen LogP contribution in [0, 0.1) is 0 Å². The van der Waals surface area contributed by atoms with Crippen LogP contribution in [0.1, 0.15) is 12.0 Å². The molecule has 2 aromatic rings. The Hall–Kier alpha value is -1.69. The van der Waals surface area contributed by atoms with Crippen molar-refractivity contribution in [2.24, 2.45) is 0 Å². The van der Waals surface area contributed by atoms with Gasteiger partial charge in [0, 0.05) is 12.4 Å². The first-order valence-corrected chi connectivity index (χ1v) is 6.31. The number of rotatable bonds is 5. The second-order valence-electron chi connectivity index (χ2n) is 3.66. The molecule has 0 aliphatic rings. The van der Waals surface area contributed by atoms with Crippen molar-refractivity contribution in [1.29, 1.82) is 0 Å². The van der Waals surface area contributed by atoms with Crippen molar-refractivity contribution in [3.8, 4) is 5.88 Å². The normalized spacial score (nSPS) is 10.3. The van der Waals surface area contributed by atoms with E-state index in [1.807, 2.05) is 12.1 Å². The molecule has 1 N–H and O–H groups in total. The molecule has 6 heteroatoms. The molecule has 5 nitrogen and oxygen atoms in total. The second-order valence-corrected chi connectivity index (χ2v) is 4.45. The van der Waals surface area contributed by atoms with E-state index in [9.17, 15) is 4.79 Å². The van der Waals surface area contributed by atoms with Crippen molar-refractivity contribution in [2.45, 2.75) is 12.8 Å². The van der Waals surface area contributed by atoms with Gasteiger partial charge in [0.1, 0.15) is 4.47 Å². The van der Waals surface area contributed by atoms with E-state index in [2.05, 4.69) is 30.9 Å². The van der Waals surface area contributed by atoms with Crippen LogP contribution in [0.4, 0.5) is 0 Å². The summed E-state index contributed by atoms with van der Waals surface area (Å²) in [6.45, 7) is 0.511. The molecule has 0 radical (unpaired) electrons. The first-order valence-electron chi connectivity index (χ1n) is 5.52. The molecule has 2 heterocycles. The Morgan fingerprint density at radius 3 is 2.89 bits per heavy atom. The highest BCUT2D eigenvalue weighted by molar-refractivity contribution is 9.10. The number of hydrogen-bond donors (Lipinski definition) is 1. The highest BCUT2D eigenvalue weighted by atomic mass is 79.9. The average Bonchev–Trinajstić information content (AvgIpc) is 2.40. The molecule has 0 bridgehead atoms. The standard InChI is InChI=1S/C12H12BrN3O2/c13-10-11(17)15-8-16-12(10)18-7-1-2-9-3-5-14-6-4-9/h3-6,8H,1-2,7H2,(H,15,16,17). The topological polar surface area (TPSA) is 67.9 Å². The first kappa shape index (κ1) is 12.8. The summed E-state index contributed by atoms with van der Waals surface area (Å²) in [7, 11) is 0. The van der Waals surface area contributed by atoms with E-state index in [4.69, 9.17) is 4.74 Å². The van der Waals surface area contributed by atoms with Crippen LogP contribution < -0.4 is 10.3 Å². The quantitative estimate of drug-likeness (QED) is 0.857. The van der Waals surface area contributed by atoms with Crippen molar-refractivity contribution in [3.05, 3.63) is 51.2 Å². The zero-order valence-electron chi connectivity index (χ0n) is 9.60. The number of aromatic amines is 1. The molecular weight excluding hydrogens is 298 g/mol. The van der Waals surface area contributed by atoms with Gasteiger partial charge in [-0.05, 0) is 46.5 Å². The smallest absolute Gasteiger partial charge is 0.268 e. The molecule has 0 saturated heterocycles. The number of nitrogens with one attached hydrogen (secondary N) is 1. The lowest BCUT2D eigenvalue weighted by atomic mass is 10.1. The molecule has 0 fully saturated rings. The lowest BCUT2D eigenvalue weighted by Gasteiger charge is -2.05. The fourth-order valence-electron chi connectivity index (χ4n) is 1.46. The number of aromatic nitrogens is 3. The van der Waals surface area contributed by atoms with Gasteiger partial charge in [-0.15, -0.1) is 0 Å². The first-order chi connectivity index (χ1) is 8.77. The average molecular weight is 310 g/mol. The number of pyridine rings is 1. The van der Waals surface area contributed by atoms with Crippen LogP contribution in [-0.2, 0) is 6.42 Å². The zero-order chi connectivity index (χ0) is 12.8. The van der Waals surface area contributed by atoms with Gasteiger partial charge in [0.05, 0.1) is 12.9 Å². The maximum atomic E-state index is 11.3. The number of aryl methyl sites for hydroxylation is 1. The minimum atomic E-state index is -0.242. The van der Waals surface area contributed by atoms with E-state index < -0.39 is 0 Å². The third kappa shape index (κ3) is 3.40. The summed E-state index contributed by atoms with van der Waals surface area (Å²) < 4.78 is 5.77. The molecule has 2 rings (SSSR count). The molecule has 94 valence electrons. The van der Waals surface area contributed by atoms with Crippen molar-refractivity contribution < 1.29 is 4.74 Å². The summed E-state index contributed by atoms with van der Waals surface area (Å²) in [4.78, 5) is 21.6. The number of hydrogen-bond acceptors (Lipinski definition) is 4. The number of ether oxygens (including phenoxy) is 1. The summed E-state index contributed by atoms with van der Waals surface area (Å²) in [6, 6.07) is 3.95. The molecule has 0 amide bonds. The van der Waals surface area contributed by atoms with Crippen LogP contribution in [0.25, 0.3) is 0 Å². The van der Waals surface area contributed by atoms with E-state index in [0.29, 0.717) is 17.0 Å². The molecule has 18 heavy (non-hydrogen) atoms. The van der Waals surface area contributed by atoms with Crippen LogP contribution in [0.15, 0.2) is 40.1 Å². The SMILES string of the molecule is O=c1[nH]cnc(OCCCc2ccncc2)c1Br. The summed E-state index contributed by atoms with van der Waals surface area (Å²) >= 11 is 3.14. The van der Waals surface area contributed by atoms with E-state index in [1.165, 1.54) is 11.9 Å². The maximum absolute atomic E-state index is 11.3. The molecule has 0 spiro atoms. The highest BCUT2D eigenvalue weighted by Gasteiger charge is 2.05. The van der Waals surface area contributed by atoms with Crippen molar-refractivity contribution in [3.63, 3.8) is 0 Å². The summed E-state index contributed by atoms with van der Waals surface area (Å²) in [5, 5.41) is 0. The van der Waals surface area contributed by atoms with Crippen LogP contribution in [0.5, 0.6) is 5.88 Å². The summed E-state index contributed by atoms with van der Waals surface area (Å²) in [6.07, 6.45) is 6.62. The minimum Gasteiger partial charge on any atom is -0.477 e. The Labute approximate surface area is 112 Å². The van der Waals surface area contributed by atoms with Crippen molar-refractivity contribution >= 4 is 15.9 Å². The van der Waals surface area contributed by atoms with Gasteiger partial charge in [0.15, 0.2) is 0 Å². The lowest BCUT2D eigenvalue weighted by Crippen LogP contribution is -2.10. The van der Waals surface area contributed by atoms with Gasteiger partial charge in [-0.2, -0.15) is 0 Å². The molecule has 0 saturated carbocycles. The highest BCUT2D eigenvalue weighted by Crippen LogP contribution is 2.16. The summed E-state index contributed by atoms with van der Waals surface area (Å²) in [5.74, 6) is 0.327. The number of halogens is 1. The molecule has 0 aliphatic heterocycles. The largest absolute Gasteiger partial charge is 0.477 e. The predicted molar refractivity (Wildman–Crippen MR) is 70.6 cm³/mol. The minimum absolute atomic E-state index is 0.242. The van der Waals surface area contributed by atoms with Crippen molar-refractivity contribution in [2.75, 3.05) is 6.61 Å². The van der Waals surface area contributed by atoms with Gasteiger partial charge in [0.25, 0.3) is 5.56 Å². The van der Waals surface area contributed by atoms with Crippen LogP contribution >= 0.6 is 15.9 Å². The lowest BCUT2D eigenvalue weighted by molar-refractivity contribution is 0.296. The Bertz CT molecular complexity index is 557. The zero-order valence-corrected chi connectivity index (χ0v) is 11.2. The van der Waals surface area contributed by atoms with E-state index in [0.717, 1.165) is 12.8 Å². The second kappa shape index (κ2) is 6.30. The Morgan fingerprint density at radius 2 is 2.11 bits per heavy atom. The molecule has 0 unspecified atom stereocenters. The fraction of sp³-hybridized carbons (Fsp3) is 0.250. The van der Waals surface area contributed by atoms with Gasteiger partial charge in [-0.25, -0.2) is 4.98 Å². The van der Waals surface area contributed by atoms with Gasteiger partial charge in [-0.3, -0.25) is 9.78 Å². The van der Waals surface area contributed by atoms with Gasteiger partial charge >= 0.3 is 0 Å². The third-order valence-corrected chi connectivity index (χ3v) is 3.06. The van der Waals surface area contributed by atoms with E-state index >= 15 is 0 Å². The van der Waals surface area contributed by atoms with Crippen LogP contribution in [-0.4, -0.2) is 21.6 Å². The molecule has 2 aromatic heterocycles. The third-order valence-electron chi connectivity index (χ3n) is 2.36. The molecule has 0 aromatic carbocycles. The Kier molecular flexibility index (Phi) is 4.46. The van der Waals surface area contributed by atoms with Crippen LogP contribution in [0.3, 0.4) is 0 Å². The Balaban J connectivity index is 1.82. The van der Waals surface area contributed by atoms with Crippen molar-refractivity contribution in [1.82, 2.24) is 15.0 Å².